The molecule has 2 amide bonds. The van der Waals surface area contributed by atoms with Crippen molar-refractivity contribution in [3.05, 3.63) is 76.5 Å². The van der Waals surface area contributed by atoms with E-state index in [0.717, 1.165) is 0 Å². The molecule has 1 heterocycles. The van der Waals surface area contributed by atoms with Gasteiger partial charge in [-0.3, -0.25) is 9.59 Å². The number of carbonyl (C=O) groups excluding carboxylic acids is 3. The van der Waals surface area contributed by atoms with Crippen LogP contribution in [0.15, 0.2) is 66.0 Å². The average Bonchev–Trinajstić information content (AvgIpc) is 3.30. The van der Waals surface area contributed by atoms with Crippen molar-refractivity contribution in [2.45, 2.75) is 13.0 Å². The predicted molar refractivity (Wildman–Crippen MR) is 115 cm³/mol. The van der Waals surface area contributed by atoms with Crippen LogP contribution in [0.4, 0.5) is 11.4 Å². The van der Waals surface area contributed by atoms with Crippen LogP contribution in [-0.2, 0) is 9.53 Å². The highest BCUT2D eigenvalue weighted by molar-refractivity contribution is 7.12. The van der Waals surface area contributed by atoms with E-state index < -0.39 is 18.0 Å². The second-order valence-electron chi connectivity index (χ2n) is 6.27. The number of esters is 1. The molecule has 0 fully saturated rings. The van der Waals surface area contributed by atoms with Crippen LogP contribution in [0.5, 0.6) is 5.75 Å². The Balaban J connectivity index is 1.54. The van der Waals surface area contributed by atoms with Crippen LogP contribution in [0.1, 0.15) is 27.0 Å². The smallest absolute Gasteiger partial charge is 0.338 e. The molecule has 0 radical (unpaired) electrons. The lowest BCUT2D eigenvalue weighted by Gasteiger charge is -2.14. The fraction of sp³-hybridized carbons (Fsp3) is 0.136. The molecule has 30 heavy (non-hydrogen) atoms. The van der Waals surface area contributed by atoms with Crippen LogP contribution in [0.3, 0.4) is 0 Å². The fourth-order valence-corrected chi connectivity index (χ4v) is 3.11. The summed E-state index contributed by atoms with van der Waals surface area (Å²) in [6, 6.07) is 16.6. The van der Waals surface area contributed by atoms with Crippen LogP contribution < -0.4 is 15.4 Å². The van der Waals surface area contributed by atoms with Gasteiger partial charge in [-0.05, 0) is 66.9 Å². The lowest BCUT2D eigenvalue weighted by atomic mass is 10.2. The van der Waals surface area contributed by atoms with Gasteiger partial charge in [0.2, 0.25) is 0 Å². The zero-order valence-corrected chi connectivity index (χ0v) is 17.2. The molecule has 0 unspecified atom stereocenters. The number of rotatable bonds is 7. The number of thiophene rings is 1. The second kappa shape index (κ2) is 9.71. The SMILES string of the molecule is COc1ccc(NC(=O)[C@@H](C)OC(=O)c2ccc(NC(=O)c3cccs3)cc2)cc1. The van der Waals surface area contributed by atoms with Gasteiger partial charge >= 0.3 is 5.97 Å². The maximum Gasteiger partial charge on any atom is 0.338 e. The minimum Gasteiger partial charge on any atom is -0.497 e. The maximum atomic E-state index is 12.3. The Morgan fingerprint density at radius 2 is 1.53 bits per heavy atom. The number of hydrogen-bond acceptors (Lipinski definition) is 6. The van der Waals surface area contributed by atoms with E-state index in [9.17, 15) is 14.4 Å². The monoisotopic (exact) mass is 424 g/mol. The zero-order chi connectivity index (χ0) is 21.5. The highest BCUT2D eigenvalue weighted by Gasteiger charge is 2.19. The molecule has 8 heteroatoms. The van der Waals surface area contributed by atoms with E-state index in [-0.39, 0.29) is 11.5 Å². The molecule has 1 aromatic heterocycles. The normalized spacial score (nSPS) is 11.3. The Bertz CT molecular complexity index is 1010. The number of anilines is 2. The molecule has 2 N–H and O–H groups in total. The van der Waals surface area contributed by atoms with Crippen molar-refractivity contribution in [1.82, 2.24) is 0 Å². The van der Waals surface area contributed by atoms with Crippen LogP contribution in [-0.4, -0.2) is 31.0 Å². The van der Waals surface area contributed by atoms with Gasteiger partial charge in [-0.1, -0.05) is 6.07 Å². The minimum absolute atomic E-state index is 0.218. The molecule has 3 rings (SSSR count). The van der Waals surface area contributed by atoms with Gasteiger partial charge in [-0.15, -0.1) is 11.3 Å². The Kier molecular flexibility index (Phi) is 6.82. The van der Waals surface area contributed by atoms with E-state index in [2.05, 4.69) is 10.6 Å². The lowest BCUT2D eigenvalue weighted by molar-refractivity contribution is -0.123. The summed E-state index contributed by atoms with van der Waals surface area (Å²) < 4.78 is 10.3. The lowest BCUT2D eigenvalue weighted by Crippen LogP contribution is -2.30. The summed E-state index contributed by atoms with van der Waals surface area (Å²) >= 11 is 1.34. The maximum absolute atomic E-state index is 12.3. The molecule has 0 aliphatic heterocycles. The Labute approximate surface area is 177 Å². The topological polar surface area (TPSA) is 93.7 Å². The Morgan fingerprint density at radius 3 is 2.13 bits per heavy atom. The molecule has 0 saturated heterocycles. The van der Waals surface area contributed by atoms with Gasteiger partial charge in [0, 0.05) is 11.4 Å². The van der Waals surface area contributed by atoms with Gasteiger partial charge in [0.1, 0.15) is 5.75 Å². The highest BCUT2D eigenvalue weighted by Crippen LogP contribution is 2.17. The molecular weight excluding hydrogens is 404 g/mol. The van der Waals surface area contributed by atoms with Crippen molar-refractivity contribution < 1.29 is 23.9 Å². The second-order valence-corrected chi connectivity index (χ2v) is 7.22. The highest BCUT2D eigenvalue weighted by atomic mass is 32.1. The average molecular weight is 424 g/mol. The third-order valence-corrected chi connectivity index (χ3v) is 5.00. The summed E-state index contributed by atoms with van der Waals surface area (Å²) in [5, 5.41) is 7.25. The predicted octanol–water partition coefficient (Wildman–Crippen LogP) is 4.19. The van der Waals surface area contributed by atoms with Crippen molar-refractivity contribution in [2.24, 2.45) is 0 Å². The number of benzene rings is 2. The molecule has 154 valence electrons. The molecule has 0 aliphatic rings. The van der Waals surface area contributed by atoms with E-state index in [1.165, 1.54) is 30.4 Å². The fourth-order valence-electron chi connectivity index (χ4n) is 2.49. The number of hydrogen-bond donors (Lipinski definition) is 2. The summed E-state index contributed by atoms with van der Waals surface area (Å²) in [5.74, 6) is -0.636. The molecule has 7 nitrogen and oxygen atoms in total. The third-order valence-electron chi connectivity index (χ3n) is 4.13. The van der Waals surface area contributed by atoms with Gasteiger partial charge in [-0.25, -0.2) is 4.79 Å². The summed E-state index contributed by atoms with van der Waals surface area (Å²) in [6.45, 7) is 1.49. The van der Waals surface area contributed by atoms with Gasteiger partial charge in [-0.2, -0.15) is 0 Å². The first-order valence-electron chi connectivity index (χ1n) is 9.07. The summed E-state index contributed by atoms with van der Waals surface area (Å²) in [7, 11) is 1.55. The van der Waals surface area contributed by atoms with Crippen molar-refractivity contribution >= 4 is 40.5 Å². The van der Waals surface area contributed by atoms with E-state index in [4.69, 9.17) is 9.47 Å². The number of nitrogens with one attached hydrogen (secondary N) is 2. The Morgan fingerprint density at radius 1 is 0.900 bits per heavy atom. The largest absolute Gasteiger partial charge is 0.497 e. The summed E-state index contributed by atoms with van der Waals surface area (Å²) in [4.78, 5) is 37.2. The van der Waals surface area contributed by atoms with E-state index in [1.54, 1.807) is 55.6 Å². The van der Waals surface area contributed by atoms with Crippen molar-refractivity contribution in [3.8, 4) is 5.75 Å². The van der Waals surface area contributed by atoms with E-state index in [0.29, 0.717) is 22.0 Å². The first kappa shape index (κ1) is 21.1. The molecule has 0 saturated carbocycles. The summed E-state index contributed by atoms with van der Waals surface area (Å²) in [6.07, 6.45) is -0.988. The number of methoxy groups -OCH3 is 1. The minimum atomic E-state index is -0.988. The number of ether oxygens (including phenoxy) is 2. The van der Waals surface area contributed by atoms with Gasteiger partial charge in [0.25, 0.3) is 11.8 Å². The summed E-state index contributed by atoms with van der Waals surface area (Å²) in [5.41, 5.74) is 1.39. The van der Waals surface area contributed by atoms with Crippen molar-refractivity contribution in [1.29, 1.82) is 0 Å². The molecular formula is C22H20N2O5S. The van der Waals surface area contributed by atoms with Gasteiger partial charge < -0.3 is 20.1 Å². The molecule has 1 atom stereocenters. The van der Waals surface area contributed by atoms with E-state index in [1.807, 2.05) is 5.38 Å². The molecule has 2 aromatic carbocycles. The van der Waals surface area contributed by atoms with Crippen molar-refractivity contribution in [3.63, 3.8) is 0 Å². The van der Waals surface area contributed by atoms with Crippen LogP contribution in [0.25, 0.3) is 0 Å². The van der Waals surface area contributed by atoms with Crippen molar-refractivity contribution in [2.75, 3.05) is 17.7 Å². The molecule has 0 aliphatic carbocycles. The van der Waals surface area contributed by atoms with Gasteiger partial charge in [0.05, 0.1) is 17.6 Å². The first-order valence-corrected chi connectivity index (χ1v) is 9.95. The van der Waals surface area contributed by atoms with E-state index >= 15 is 0 Å². The number of amides is 2. The molecule has 0 spiro atoms. The van der Waals surface area contributed by atoms with Gasteiger partial charge in [0.15, 0.2) is 6.10 Å². The molecule has 0 bridgehead atoms. The third kappa shape index (κ3) is 5.45. The van der Waals surface area contributed by atoms with Crippen LogP contribution >= 0.6 is 11.3 Å². The van der Waals surface area contributed by atoms with Crippen LogP contribution in [0, 0.1) is 0 Å². The molecule has 3 aromatic rings. The Hall–Kier alpha value is -3.65. The quantitative estimate of drug-likeness (QED) is 0.555. The number of carbonyl (C=O) groups is 3. The first-order chi connectivity index (χ1) is 14.5. The zero-order valence-electron chi connectivity index (χ0n) is 16.4. The van der Waals surface area contributed by atoms with Crippen LogP contribution in [0.2, 0.25) is 0 Å². The standard InChI is InChI=1S/C22H20N2O5S/c1-14(20(25)23-17-9-11-18(28-2)12-10-17)29-22(27)15-5-7-16(8-6-15)24-21(26)19-4-3-13-30-19/h3-14H,1-2H3,(H,23,25)(H,24,26)/t14-/m1/s1.